The summed E-state index contributed by atoms with van der Waals surface area (Å²) in [6.45, 7) is 9.36. The van der Waals surface area contributed by atoms with E-state index in [0.717, 1.165) is 67.8 Å². The van der Waals surface area contributed by atoms with E-state index in [1.54, 1.807) is 0 Å². The number of unbranched alkanes of at least 4 members (excludes halogenated alkanes) is 1. The molecule has 0 spiro atoms. The van der Waals surface area contributed by atoms with Crippen LogP contribution in [0.5, 0.6) is 0 Å². The van der Waals surface area contributed by atoms with Gasteiger partial charge < -0.3 is 19.8 Å². The molecule has 29 heavy (non-hydrogen) atoms. The number of imidazole rings is 1. The lowest BCUT2D eigenvalue weighted by atomic mass is 10.3. The third kappa shape index (κ3) is 5.34. The molecule has 2 heterocycles. The molecule has 2 N–H and O–H groups in total. The van der Waals surface area contributed by atoms with E-state index in [1.165, 1.54) is 5.52 Å². The van der Waals surface area contributed by atoms with Gasteiger partial charge in [-0.15, -0.1) is 10.2 Å². The van der Waals surface area contributed by atoms with E-state index >= 15 is 0 Å². The Morgan fingerprint density at radius 3 is 2.52 bits per heavy atom. The Morgan fingerprint density at radius 1 is 1.03 bits per heavy atom. The SMILES string of the molecule is CCCCNC(=NCc1nnc(C)n1C)NCCCn1c(C)nc2ccccc21. The molecule has 1 aromatic carbocycles. The number of para-hydroxylation sites is 2. The molecule has 0 radical (unpaired) electrons. The second-order valence-electron chi connectivity index (χ2n) is 7.25. The van der Waals surface area contributed by atoms with Crippen LogP contribution in [0.25, 0.3) is 11.0 Å². The van der Waals surface area contributed by atoms with Crippen molar-refractivity contribution in [3.63, 3.8) is 0 Å². The maximum atomic E-state index is 4.69. The van der Waals surface area contributed by atoms with Crippen LogP contribution in [-0.4, -0.2) is 43.4 Å². The first kappa shape index (κ1) is 20.8. The van der Waals surface area contributed by atoms with Crippen molar-refractivity contribution in [3.8, 4) is 0 Å². The highest BCUT2D eigenvalue weighted by Crippen LogP contribution is 2.15. The topological polar surface area (TPSA) is 85.0 Å². The molecule has 0 amide bonds. The van der Waals surface area contributed by atoms with Crippen LogP contribution < -0.4 is 10.6 Å². The Hall–Kier alpha value is -2.90. The van der Waals surface area contributed by atoms with E-state index in [0.29, 0.717) is 6.54 Å². The minimum Gasteiger partial charge on any atom is -0.356 e. The van der Waals surface area contributed by atoms with Gasteiger partial charge in [0.15, 0.2) is 11.8 Å². The molecule has 0 aliphatic carbocycles. The number of fused-ring (bicyclic) bond motifs is 1. The fourth-order valence-corrected chi connectivity index (χ4v) is 3.22. The van der Waals surface area contributed by atoms with Gasteiger partial charge in [0.2, 0.25) is 0 Å². The summed E-state index contributed by atoms with van der Waals surface area (Å²) in [6.07, 6.45) is 3.25. The molecule has 0 unspecified atom stereocenters. The number of rotatable bonds is 9. The highest BCUT2D eigenvalue weighted by molar-refractivity contribution is 5.79. The van der Waals surface area contributed by atoms with E-state index in [9.17, 15) is 0 Å². The zero-order chi connectivity index (χ0) is 20.6. The summed E-state index contributed by atoms with van der Waals surface area (Å²) in [5.41, 5.74) is 2.25. The molecule has 0 saturated heterocycles. The molecule has 3 aromatic rings. The van der Waals surface area contributed by atoms with Gasteiger partial charge in [-0.1, -0.05) is 25.5 Å². The molecule has 0 aliphatic heterocycles. The summed E-state index contributed by atoms with van der Waals surface area (Å²) >= 11 is 0. The average molecular weight is 397 g/mol. The molecule has 0 atom stereocenters. The third-order valence-electron chi connectivity index (χ3n) is 5.08. The lowest BCUT2D eigenvalue weighted by molar-refractivity contribution is 0.621. The molecular weight excluding hydrogens is 364 g/mol. The average Bonchev–Trinajstić information content (AvgIpc) is 3.21. The zero-order valence-corrected chi connectivity index (χ0v) is 17.9. The standard InChI is InChI=1S/C21H32N8/c1-5-6-12-22-21(24-15-20-27-26-17(3)28(20)4)23-13-9-14-29-16(2)25-18-10-7-8-11-19(18)29/h7-8,10-11H,5-6,9,12-15H2,1-4H3,(H2,22,23,24). The van der Waals surface area contributed by atoms with Crippen LogP contribution in [0.2, 0.25) is 0 Å². The van der Waals surface area contributed by atoms with E-state index in [2.05, 4.69) is 62.4 Å². The van der Waals surface area contributed by atoms with Crippen molar-refractivity contribution >= 4 is 17.0 Å². The van der Waals surface area contributed by atoms with Crippen molar-refractivity contribution in [2.75, 3.05) is 13.1 Å². The van der Waals surface area contributed by atoms with Crippen molar-refractivity contribution < 1.29 is 0 Å². The number of nitrogens with one attached hydrogen (secondary N) is 2. The van der Waals surface area contributed by atoms with Crippen LogP contribution in [0.1, 0.15) is 43.7 Å². The number of hydrogen-bond acceptors (Lipinski definition) is 4. The lowest BCUT2D eigenvalue weighted by Crippen LogP contribution is -2.38. The molecule has 0 fully saturated rings. The van der Waals surface area contributed by atoms with Crippen molar-refractivity contribution in [2.45, 2.75) is 53.1 Å². The van der Waals surface area contributed by atoms with Crippen LogP contribution in [0.3, 0.4) is 0 Å². The predicted octanol–water partition coefficient (Wildman–Crippen LogP) is 2.71. The summed E-state index contributed by atoms with van der Waals surface area (Å²) in [5, 5.41) is 15.2. The molecule has 3 rings (SSSR count). The highest BCUT2D eigenvalue weighted by Gasteiger charge is 2.07. The van der Waals surface area contributed by atoms with Crippen LogP contribution in [0.15, 0.2) is 29.3 Å². The van der Waals surface area contributed by atoms with Gasteiger partial charge in [-0.3, -0.25) is 0 Å². The maximum absolute atomic E-state index is 4.69. The second kappa shape index (κ2) is 10.0. The van der Waals surface area contributed by atoms with Gasteiger partial charge in [0.25, 0.3) is 0 Å². The number of hydrogen-bond donors (Lipinski definition) is 2. The zero-order valence-electron chi connectivity index (χ0n) is 17.9. The van der Waals surface area contributed by atoms with Gasteiger partial charge >= 0.3 is 0 Å². The number of aliphatic imine (C=N–C) groups is 1. The van der Waals surface area contributed by atoms with Crippen LogP contribution in [0, 0.1) is 13.8 Å². The van der Waals surface area contributed by atoms with Gasteiger partial charge in [-0.2, -0.15) is 0 Å². The highest BCUT2D eigenvalue weighted by atomic mass is 15.3. The molecule has 0 saturated carbocycles. The first-order valence-corrected chi connectivity index (χ1v) is 10.4. The number of nitrogens with zero attached hydrogens (tertiary/aromatic N) is 6. The number of guanidine groups is 1. The van der Waals surface area contributed by atoms with Crippen molar-refractivity contribution in [1.82, 2.24) is 34.9 Å². The Morgan fingerprint density at radius 2 is 1.79 bits per heavy atom. The number of aryl methyl sites for hydroxylation is 3. The first-order valence-electron chi connectivity index (χ1n) is 10.4. The summed E-state index contributed by atoms with van der Waals surface area (Å²) < 4.78 is 4.25. The molecular formula is C21H32N8. The second-order valence-corrected chi connectivity index (χ2v) is 7.25. The van der Waals surface area contributed by atoms with E-state index in [-0.39, 0.29) is 0 Å². The van der Waals surface area contributed by atoms with Gasteiger partial charge in [0.05, 0.1) is 11.0 Å². The smallest absolute Gasteiger partial charge is 0.191 e. The van der Waals surface area contributed by atoms with E-state index in [1.807, 2.05) is 24.6 Å². The molecule has 8 heteroatoms. The maximum Gasteiger partial charge on any atom is 0.191 e. The van der Waals surface area contributed by atoms with Crippen LogP contribution in [-0.2, 0) is 20.1 Å². The molecule has 0 bridgehead atoms. The monoisotopic (exact) mass is 396 g/mol. The Labute approximate surface area is 172 Å². The first-order chi connectivity index (χ1) is 14.1. The largest absolute Gasteiger partial charge is 0.356 e. The molecule has 8 nitrogen and oxygen atoms in total. The van der Waals surface area contributed by atoms with Crippen LogP contribution >= 0.6 is 0 Å². The Balaban J connectivity index is 1.56. The number of benzene rings is 1. The van der Waals surface area contributed by atoms with E-state index in [4.69, 9.17) is 4.99 Å². The lowest BCUT2D eigenvalue weighted by Gasteiger charge is -2.13. The van der Waals surface area contributed by atoms with E-state index < -0.39 is 0 Å². The van der Waals surface area contributed by atoms with Crippen LogP contribution in [0.4, 0.5) is 0 Å². The van der Waals surface area contributed by atoms with Gasteiger partial charge in [-0.25, -0.2) is 9.98 Å². The van der Waals surface area contributed by atoms with Crippen molar-refractivity contribution in [3.05, 3.63) is 41.7 Å². The minimum atomic E-state index is 0.504. The van der Waals surface area contributed by atoms with Crippen molar-refractivity contribution in [1.29, 1.82) is 0 Å². The minimum absolute atomic E-state index is 0.504. The quantitative estimate of drug-likeness (QED) is 0.330. The number of aromatic nitrogens is 5. The summed E-state index contributed by atoms with van der Waals surface area (Å²) in [4.78, 5) is 9.34. The Kier molecular flexibility index (Phi) is 7.21. The predicted molar refractivity (Wildman–Crippen MR) is 117 cm³/mol. The molecule has 156 valence electrons. The van der Waals surface area contributed by atoms with Gasteiger partial charge in [0.1, 0.15) is 18.2 Å². The summed E-state index contributed by atoms with van der Waals surface area (Å²) in [5.74, 6) is 3.64. The fourth-order valence-electron chi connectivity index (χ4n) is 3.22. The normalized spacial score (nSPS) is 11.9. The van der Waals surface area contributed by atoms with Gasteiger partial charge in [0, 0.05) is 26.7 Å². The third-order valence-corrected chi connectivity index (χ3v) is 5.08. The van der Waals surface area contributed by atoms with Gasteiger partial charge in [-0.05, 0) is 38.8 Å². The fraction of sp³-hybridized carbons (Fsp3) is 0.524. The van der Waals surface area contributed by atoms with Crippen molar-refractivity contribution in [2.24, 2.45) is 12.0 Å². The Bertz CT molecular complexity index is 953. The summed E-state index contributed by atoms with van der Waals surface area (Å²) in [7, 11) is 1.97. The molecule has 0 aliphatic rings. The summed E-state index contributed by atoms with van der Waals surface area (Å²) in [6, 6.07) is 8.29. The molecule has 2 aromatic heterocycles.